The summed E-state index contributed by atoms with van der Waals surface area (Å²) in [5.41, 5.74) is 2.68. The largest absolute Gasteiger partial charge is 0.493 e. The Morgan fingerprint density at radius 1 is 0.968 bits per heavy atom. The highest BCUT2D eigenvalue weighted by atomic mass is 16.5. The quantitative estimate of drug-likeness (QED) is 0.561. The van der Waals surface area contributed by atoms with E-state index in [0.717, 1.165) is 43.9 Å². The van der Waals surface area contributed by atoms with Crippen molar-refractivity contribution in [3.8, 4) is 11.5 Å². The van der Waals surface area contributed by atoms with Crippen molar-refractivity contribution < 1.29 is 19.0 Å². The molecule has 1 aliphatic heterocycles. The van der Waals surface area contributed by atoms with Crippen LogP contribution in [0.25, 0.3) is 11.0 Å². The summed E-state index contributed by atoms with van der Waals surface area (Å²) >= 11 is 0. The molecule has 1 saturated heterocycles. The maximum absolute atomic E-state index is 13.1. The Balaban J connectivity index is 1.61. The minimum absolute atomic E-state index is 0.0827. The Labute approximate surface area is 181 Å². The first-order valence-corrected chi connectivity index (χ1v) is 10.4. The number of hydrogen-bond donors (Lipinski definition) is 1. The smallest absolute Gasteiger partial charge is 0.203 e. The van der Waals surface area contributed by atoms with Gasteiger partial charge in [0, 0.05) is 31.7 Å². The molecule has 0 unspecified atom stereocenters. The van der Waals surface area contributed by atoms with Gasteiger partial charge in [0.2, 0.25) is 5.62 Å². The van der Waals surface area contributed by atoms with Gasteiger partial charge in [-0.25, -0.2) is 0 Å². The lowest BCUT2D eigenvalue weighted by Crippen LogP contribution is -2.39. The number of rotatable bonds is 8. The zero-order valence-electron chi connectivity index (χ0n) is 18.0. The van der Waals surface area contributed by atoms with E-state index in [9.17, 15) is 4.79 Å². The third-order valence-electron chi connectivity index (χ3n) is 5.73. The van der Waals surface area contributed by atoms with Crippen molar-refractivity contribution in [3.05, 3.63) is 53.6 Å². The molecule has 1 aromatic heterocycles. The number of morpholine rings is 1. The molecule has 4 rings (SSSR count). The molecule has 0 saturated carbocycles. The summed E-state index contributed by atoms with van der Waals surface area (Å²) in [6.45, 7) is 4.93. The topological polar surface area (TPSA) is 81.7 Å². The molecule has 1 N–H and O–H groups in total. The van der Waals surface area contributed by atoms with Gasteiger partial charge in [-0.2, -0.15) is 0 Å². The summed E-state index contributed by atoms with van der Waals surface area (Å²) in [4.78, 5) is 15.4. The molecule has 1 fully saturated rings. The first-order valence-electron chi connectivity index (χ1n) is 10.4. The molecule has 8 nitrogen and oxygen atoms in total. The van der Waals surface area contributed by atoms with Gasteiger partial charge in [-0.1, -0.05) is 12.1 Å². The zero-order valence-corrected chi connectivity index (χ0v) is 18.0. The van der Waals surface area contributed by atoms with Crippen molar-refractivity contribution in [3.63, 3.8) is 0 Å². The molecular formula is C23H28N4O4. The van der Waals surface area contributed by atoms with Crippen molar-refractivity contribution in [2.75, 3.05) is 47.1 Å². The maximum Gasteiger partial charge on any atom is 0.203 e. The predicted octanol–water partition coefficient (Wildman–Crippen LogP) is 2.15. The Morgan fingerprint density at radius 2 is 1.65 bits per heavy atom. The number of carbonyl (C=O) groups is 1. The van der Waals surface area contributed by atoms with Gasteiger partial charge < -0.3 is 23.3 Å². The number of nitrogens with one attached hydrogen (secondary N) is 1. The summed E-state index contributed by atoms with van der Waals surface area (Å²) in [6, 6.07) is 13.0. The van der Waals surface area contributed by atoms with Gasteiger partial charge in [0.1, 0.15) is 0 Å². The van der Waals surface area contributed by atoms with Crippen molar-refractivity contribution in [1.29, 1.82) is 5.41 Å². The van der Waals surface area contributed by atoms with Crippen LogP contribution >= 0.6 is 0 Å². The minimum Gasteiger partial charge on any atom is -0.493 e. The third kappa shape index (κ3) is 4.35. The van der Waals surface area contributed by atoms with E-state index < -0.39 is 0 Å². The number of ketones is 1. The van der Waals surface area contributed by atoms with Crippen LogP contribution in [0.5, 0.6) is 11.5 Å². The van der Waals surface area contributed by atoms with Crippen LogP contribution in [0.1, 0.15) is 10.4 Å². The molecule has 3 aromatic rings. The van der Waals surface area contributed by atoms with E-state index in [1.165, 1.54) is 0 Å². The second-order valence-electron chi connectivity index (χ2n) is 7.50. The second-order valence-corrected chi connectivity index (χ2v) is 7.50. The molecule has 31 heavy (non-hydrogen) atoms. The molecule has 2 aromatic carbocycles. The van der Waals surface area contributed by atoms with E-state index in [1.807, 2.05) is 28.8 Å². The van der Waals surface area contributed by atoms with Crippen LogP contribution in [-0.2, 0) is 17.8 Å². The van der Waals surface area contributed by atoms with Crippen molar-refractivity contribution >= 4 is 16.8 Å². The highest BCUT2D eigenvalue weighted by Gasteiger charge is 2.17. The van der Waals surface area contributed by atoms with E-state index in [2.05, 4.69) is 4.90 Å². The number of nitrogens with zero attached hydrogens (tertiary/aromatic N) is 3. The SMILES string of the molecule is COc1ccc(C(=O)Cn2c(=N)n(CCN3CCOCC3)c3ccccc32)cc1OC. The van der Waals surface area contributed by atoms with Crippen LogP contribution in [0.2, 0.25) is 0 Å². The van der Waals surface area contributed by atoms with E-state index in [-0.39, 0.29) is 12.3 Å². The van der Waals surface area contributed by atoms with Crippen molar-refractivity contribution in [2.45, 2.75) is 13.1 Å². The molecule has 0 amide bonds. The van der Waals surface area contributed by atoms with Crippen LogP contribution in [0, 0.1) is 5.41 Å². The molecule has 0 bridgehead atoms. The number of hydrogen-bond acceptors (Lipinski definition) is 6. The monoisotopic (exact) mass is 424 g/mol. The number of benzene rings is 2. The Morgan fingerprint density at radius 3 is 2.32 bits per heavy atom. The van der Waals surface area contributed by atoms with Gasteiger partial charge in [0.05, 0.1) is 45.0 Å². The lowest BCUT2D eigenvalue weighted by molar-refractivity contribution is 0.0363. The number of ether oxygens (including phenoxy) is 3. The molecule has 1 aliphatic rings. The highest BCUT2D eigenvalue weighted by Crippen LogP contribution is 2.28. The van der Waals surface area contributed by atoms with E-state index in [1.54, 1.807) is 37.0 Å². The molecule has 164 valence electrons. The van der Waals surface area contributed by atoms with E-state index >= 15 is 0 Å². The van der Waals surface area contributed by atoms with Crippen LogP contribution < -0.4 is 15.1 Å². The van der Waals surface area contributed by atoms with Gasteiger partial charge in [-0.05, 0) is 30.3 Å². The maximum atomic E-state index is 13.1. The third-order valence-corrected chi connectivity index (χ3v) is 5.73. The lowest BCUT2D eigenvalue weighted by atomic mass is 10.1. The fraction of sp³-hybridized carbons (Fsp3) is 0.391. The van der Waals surface area contributed by atoms with Crippen molar-refractivity contribution in [1.82, 2.24) is 14.0 Å². The summed E-state index contributed by atoms with van der Waals surface area (Å²) < 4.78 is 19.8. The Hall–Kier alpha value is -3.10. The first kappa shape index (κ1) is 21.1. The number of para-hydroxylation sites is 2. The second kappa shape index (κ2) is 9.36. The molecule has 0 spiro atoms. The molecule has 8 heteroatoms. The number of aromatic nitrogens is 2. The van der Waals surface area contributed by atoms with Gasteiger partial charge in [0.15, 0.2) is 17.3 Å². The average Bonchev–Trinajstić information content (AvgIpc) is 3.08. The Kier molecular flexibility index (Phi) is 6.39. The molecular weight excluding hydrogens is 396 g/mol. The summed E-state index contributed by atoms with van der Waals surface area (Å²) in [6.07, 6.45) is 0. The van der Waals surface area contributed by atoms with Crippen LogP contribution in [0.3, 0.4) is 0 Å². The molecule has 2 heterocycles. The number of imidazole rings is 1. The lowest BCUT2D eigenvalue weighted by Gasteiger charge is -2.26. The van der Waals surface area contributed by atoms with Crippen LogP contribution in [0.4, 0.5) is 0 Å². The number of fused-ring (bicyclic) bond motifs is 1. The van der Waals surface area contributed by atoms with Gasteiger partial charge >= 0.3 is 0 Å². The van der Waals surface area contributed by atoms with Gasteiger partial charge in [0.25, 0.3) is 0 Å². The molecule has 0 aliphatic carbocycles. The summed E-state index contributed by atoms with van der Waals surface area (Å²) in [5, 5.41) is 8.78. The zero-order chi connectivity index (χ0) is 21.8. The summed E-state index contributed by atoms with van der Waals surface area (Å²) in [7, 11) is 3.11. The van der Waals surface area contributed by atoms with E-state index in [0.29, 0.717) is 29.2 Å². The van der Waals surface area contributed by atoms with Gasteiger partial charge in [-0.15, -0.1) is 0 Å². The molecule has 0 atom stereocenters. The Bertz CT molecular complexity index is 1130. The first-order chi connectivity index (χ1) is 15.1. The minimum atomic E-state index is -0.0875. The summed E-state index contributed by atoms with van der Waals surface area (Å²) in [5.74, 6) is 1.00. The number of methoxy groups -OCH3 is 2. The fourth-order valence-electron chi connectivity index (χ4n) is 3.99. The van der Waals surface area contributed by atoms with Crippen LogP contribution in [-0.4, -0.2) is 66.9 Å². The fourth-order valence-corrected chi connectivity index (χ4v) is 3.99. The number of Topliss-reactive ketones (excluding diaryl/α,β-unsaturated/α-hetero) is 1. The van der Waals surface area contributed by atoms with E-state index in [4.69, 9.17) is 19.6 Å². The van der Waals surface area contributed by atoms with Crippen LogP contribution in [0.15, 0.2) is 42.5 Å². The highest BCUT2D eigenvalue weighted by molar-refractivity contribution is 5.97. The van der Waals surface area contributed by atoms with Crippen molar-refractivity contribution in [2.24, 2.45) is 0 Å². The average molecular weight is 425 g/mol. The molecule has 0 radical (unpaired) electrons. The predicted molar refractivity (Wildman–Crippen MR) is 117 cm³/mol. The van der Waals surface area contributed by atoms with Gasteiger partial charge in [-0.3, -0.25) is 15.1 Å². The normalized spacial score (nSPS) is 14.6. The standard InChI is InChI=1S/C23H28N4O4/c1-29-21-8-7-17(15-22(21)30-2)20(28)16-27-19-6-4-3-5-18(19)26(23(27)24)10-9-25-11-13-31-14-12-25/h3-8,15,24H,9-14,16H2,1-2H3. The number of carbonyl (C=O) groups excluding carboxylic acids is 1.